The SMILES string of the molecule is Cc1ccc(S(=O)(=O)OCCCCCCCC(=O)OCc2ccccc2)cc1. The summed E-state index contributed by atoms with van der Waals surface area (Å²) in [7, 11) is -3.68. The third-order valence-corrected chi connectivity index (χ3v) is 5.64. The van der Waals surface area contributed by atoms with Crippen molar-refractivity contribution in [3.8, 4) is 0 Å². The van der Waals surface area contributed by atoms with Crippen molar-refractivity contribution in [1.82, 2.24) is 0 Å². The Kier molecular flexibility index (Phi) is 9.17. The first kappa shape index (κ1) is 22.1. The molecule has 0 heterocycles. The highest BCUT2D eigenvalue weighted by Crippen LogP contribution is 2.14. The maximum atomic E-state index is 12.0. The van der Waals surface area contributed by atoms with Gasteiger partial charge < -0.3 is 4.74 Å². The van der Waals surface area contributed by atoms with Gasteiger partial charge >= 0.3 is 5.97 Å². The highest BCUT2D eigenvalue weighted by Gasteiger charge is 2.14. The van der Waals surface area contributed by atoms with E-state index in [0.717, 1.165) is 36.8 Å². The van der Waals surface area contributed by atoms with E-state index in [9.17, 15) is 13.2 Å². The third-order valence-electron chi connectivity index (χ3n) is 4.32. The van der Waals surface area contributed by atoms with Gasteiger partial charge in [-0.25, -0.2) is 0 Å². The van der Waals surface area contributed by atoms with Crippen LogP contribution in [0.2, 0.25) is 0 Å². The van der Waals surface area contributed by atoms with Crippen LogP contribution in [-0.4, -0.2) is 21.0 Å². The molecule has 0 spiro atoms. The molecule has 5 nitrogen and oxygen atoms in total. The lowest BCUT2D eigenvalue weighted by Gasteiger charge is -2.06. The van der Waals surface area contributed by atoms with Crippen molar-refractivity contribution in [2.24, 2.45) is 0 Å². The number of carbonyl (C=O) groups is 1. The Morgan fingerprint density at radius 1 is 0.857 bits per heavy atom. The molecule has 2 rings (SSSR count). The summed E-state index contributed by atoms with van der Waals surface area (Å²) in [5, 5.41) is 0. The van der Waals surface area contributed by atoms with E-state index in [4.69, 9.17) is 8.92 Å². The first-order chi connectivity index (χ1) is 13.5. The number of aryl methyl sites for hydroxylation is 1. The van der Waals surface area contributed by atoms with Gasteiger partial charge in [0.15, 0.2) is 0 Å². The molecule has 2 aromatic rings. The van der Waals surface area contributed by atoms with E-state index in [1.165, 1.54) is 0 Å². The zero-order valence-corrected chi connectivity index (χ0v) is 17.1. The minimum atomic E-state index is -3.68. The molecule has 0 radical (unpaired) electrons. The second kappa shape index (κ2) is 11.6. The first-order valence-corrected chi connectivity index (χ1v) is 11.0. The van der Waals surface area contributed by atoms with E-state index in [0.29, 0.717) is 19.4 Å². The van der Waals surface area contributed by atoms with Crippen molar-refractivity contribution < 1.29 is 22.1 Å². The molecule has 0 bridgehead atoms. The van der Waals surface area contributed by atoms with Crippen LogP contribution >= 0.6 is 0 Å². The molecule has 152 valence electrons. The summed E-state index contributed by atoms with van der Waals surface area (Å²) in [5.41, 5.74) is 1.99. The number of ether oxygens (including phenoxy) is 1. The molecule has 2 aromatic carbocycles. The maximum absolute atomic E-state index is 12.0. The summed E-state index contributed by atoms with van der Waals surface area (Å²) in [4.78, 5) is 11.9. The molecular weight excluding hydrogens is 376 g/mol. The Morgan fingerprint density at radius 3 is 2.21 bits per heavy atom. The van der Waals surface area contributed by atoms with Crippen LogP contribution in [0.5, 0.6) is 0 Å². The van der Waals surface area contributed by atoms with Crippen LogP contribution < -0.4 is 0 Å². The second-order valence-electron chi connectivity index (χ2n) is 6.75. The zero-order chi connectivity index (χ0) is 20.2. The summed E-state index contributed by atoms with van der Waals surface area (Å²) in [6.07, 6.45) is 4.55. The Bertz CT molecular complexity index is 814. The summed E-state index contributed by atoms with van der Waals surface area (Å²) in [6.45, 7) is 2.39. The average Bonchev–Trinajstić information content (AvgIpc) is 2.69. The van der Waals surface area contributed by atoms with Gasteiger partial charge in [-0.2, -0.15) is 8.42 Å². The highest BCUT2D eigenvalue weighted by atomic mass is 32.2. The molecule has 0 unspecified atom stereocenters. The summed E-state index contributed by atoms with van der Waals surface area (Å²) >= 11 is 0. The predicted octanol–water partition coefficient (Wildman–Crippen LogP) is 4.78. The van der Waals surface area contributed by atoms with Crippen molar-refractivity contribution in [1.29, 1.82) is 0 Å². The smallest absolute Gasteiger partial charge is 0.306 e. The topological polar surface area (TPSA) is 69.7 Å². The van der Waals surface area contributed by atoms with Crippen LogP contribution in [0, 0.1) is 6.92 Å². The number of benzene rings is 2. The van der Waals surface area contributed by atoms with E-state index in [-0.39, 0.29) is 17.5 Å². The predicted molar refractivity (Wildman–Crippen MR) is 108 cm³/mol. The van der Waals surface area contributed by atoms with Crippen molar-refractivity contribution in [2.45, 2.75) is 57.0 Å². The van der Waals surface area contributed by atoms with Gasteiger partial charge in [-0.15, -0.1) is 0 Å². The monoisotopic (exact) mass is 404 g/mol. The lowest BCUT2D eigenvalue weighted by molar-refractivity contribution is -0.145. The standard InChI is InChI=1S/C22H28O5S/c1-19-13-15-21(16-14-19)28(24,25)27-17-9-4-2-3-8-12-22(23)26-18-20-10-6-5-7-11-20/h5-7,10-11,13-16H,2-4,8-9,12,17-18H2,1H3. The molecule has 0 aromatic heterocycles. The molecular formula is C22H28O5S. The molecule has 0 fully saturated rings. The van der Waals surface area contributed by atoms with E-state index in [1.54, 1.807) is 24.3 Å². The number of unbranched alkanes of at least 4 members (excludes halogenated alkanes) is 4. The first-order valence-electron chi connectivity index (χ1n) is 9.63. The largest absolute Gasteiger partial charge is 0.461 e. The van der Waals surface area contributed by atoms with Crippen LogP contribution in [0.1, 0.15) is 49.7 Å². The lowest BCUT2D eigenvalue weighted by atomic mass is 10.1. The van der Waals surface area contributed by atoms with Gasteiger partial charge in [-0.1, -0.05) is 67.3 Å². The van der Waals surface area contributed by atoms with Crippen molar-refractivity contribution in [2.75, 3.05) is 6.61 Å². The van der Waals surface area contributed by atoms with E-state index in [2.05, 4.69) is 0 Å². The third kappa shape index (κ3) is 8.23. The number of hydrogen-bond acceptors (Lipinski definition) is 5. The van der Waals surface area contributed by atoms with Gasteiger partial charge in [0.1, 0.15) is 6.61 Å². The van der Waals surface area contributed by atoms with Gasteiger partial charge in [0.25, 0.3) is 10.1 Å². The average molecular weight is 405 g/mol. The Hall–Kier alpha value is -2.18. The van der Waals surface area contributed by atoms with Crippen LogP contribution in [0.25, 0.3) is 0 Å². The summed E-state index contributed by atoms with van der Waals surface area (Å²) in [5.74, 6) is -0.184. The van der Waals surface area contributed by atoms with E-state index >= 15 is 0 Å². The Labute approximate surface area is 167 Å². The molecule has 0 aliphatic rings. The van der Waals surface area contributed by atoms with Crippen LogP contribution in [0.3, 0.4) is 0 Å². The van der Waals surface area contributed by atoms with Crippen LogP contribution in [0.4, 0.5) is 0 Å². The Balaban J connectivity index is 1.50. The van der Waals surface area contributed by atoms with Gasteiger partial charge in [0.05, 0.1) is 11.5 Å². The van der Waals surface area contributed by atoms with E-state index in [1.807, 2.05) is 37.3 Å². The molecule has 0 saturated carbocycles. The highest BCUT2D eigenvalue weighted by molar-refractivity contribution is 7.86. The molecule has 0 aliphatic carbocycles. The molecule has 0 saturated heterocycles. The minimum absolute atomic E-state index is 0.176. The van der Waals surface area contributed by atoms with Crippen molar-refractivity contribution >= 4 is 16.1 Å². The fraction of sp³-hybridized carbons (Fsp3) is 0.409. The fourth-order valence-corrected chi connectivity index (χ4v) is 3.60. The van der Waals surface area contributed by atoms with Crippen LogP contribution in [-0.2, 0) is 30.4 Å². The molecule has 0 aliphatic heterocycles. The summed E-state index contributed by atoms with van der Waals surface area (Å²) in [6, 6.07) is 16.2. The summed E-state index contributed by atoms with van der Waals surface area (Å²) < 4.78 is 34.4. The quantitative estimate of drug-likeness (QED) is 0.289. The Morgan fingerprint density at radius 2 is 1.50 bits per heavy atom. The second-order valence-corrected chi connectivity index (χ2v) is 8.37. The number of hydrogen-bond donors (Lipinski definition) is 0. The number of carbonyl (C=O) groups excluding carboxylic acids is 1. The number of esters is 1. The maximum Gasteiger partial charge on any atom is 0.306 e. The molecule has 0 N–H and O–H groups in total. The van der Waals surface area contributed by atoms with Crippen molar-refractivity contribution in [3.63, 3.8) is 0 Å². The molecule has 28 heavy (non-hydrogen) atoms. The van der Waals surface area contributed by atoms with Gasteiger partial charge in [0, 0.05) is 6.42 Å². The van der Waals surface area contributed by atoms with Gasteiger partial charge in [-0.3, -0.25) is 8.98 Å². The normalized spacial score (nSPS) is 11.3. The van der Waals surface area contributed by atoms with Gasteiger partial charge in [0.2, 0.25) is 0 Å². The lowest BCUT2D eigenvalue weighted by Crippen LogP contribution is -2.07. The minimum Gasteiger partial charge on any atom is -0.461 e. The van der Waals surface area contributed by atoms with E-state index < -0.39 is 10.1 Å². The zero-order valence-electron chi connectivity index (χ0n) is 16.3. The molecule has 0 amide bonds. The fourth-order valence-electron chi connectivity index (χ4n) is 2.65. The van der Waals surface area contributed by atoms with Crippen molar-refractivity contribution in [3.05, 3.63) is 65.7 Å². The van der Waals surface area contributed by atoms with Gasteiger partial charge in [-0.05, 0) is 37.5 Å². The number of rotatable bonds is 12. The molecule has 6 heteroatoms. The molecule has 0 atom stereocenters. The van der Waals surface area contributed by atoms with Crippen LogP contribution in [0.15, 0.2) is 59.5 Å².